The molecule has 0 aliphatic carbocycles. The SMILES string of the molecule is CNC(=O)C(=O)CCC(NC(=O)c1cc2ccccc2[nH]1)C(=O)Nc1cccn(CC=O)c1=O. The van der Waals surface area contributed by atoms with Gasteiger partial charge in [-0.3, -0.25) is 24.0 Å². The van der Waals surface area contributed by atoms with E-state index in [1.807, 2.05) is 12.1 Å². The fourth-order valence-corrected chi connectivity index (χ4v) is 3.30. The number of likely N-dealkylation sites (N-methyl/N-ethyl adjacent to an activating group) is 1. The largest absolute Gasteiger partial charge is 0.353 e. The van der Waals surface area contributed by atoms with E-state index < -0.39 is 35.1 Å². The molecule has 0 saturated heterocycles. The molecule has 1 unspecified atom stereocenters. The van der Waals surface area contributed by atoms with Gasteiger partial charge < -0.3 is 30.3 Å². The average Bonchev–Trinajstić information content (AvgIpc) is 3.28. The van der Waals surface area contributed by atoms with E-state index >= 15 is 0 Å². The van der Waals surface area contributed by atoms with Crippen LogP contribution in [-0.4, -0.2) is 52.4 Å². The van der Waals surface area contributed by atoms with Crippen LogP contribution in [0.1, 0.15) is 23.3 Å². The molecule has 0 bridgehead atoms. The van der Waals surface area contributed by atoms with Crippen molar-refractivity contribution >= 4 is 46.4 Å². The van der Waals surface area contributed by atoms with Gasteiger partial charge in [-0.05, 0) is 30.7 Å². The van der Waals surface area contributed by atoms with Crippen LogP contribution in [0.4, 0.5) is 5.69 Å². The topological polar surface area (TPSA) is 159 Å². The molecule has 1 aromatic carbocycles. The highest BCUT2D eigenvalue weighted by molar-refractivity contribution is 6.36. The minimum absolute atomic E-state index is 0.100. The highest BCUT2D eigenvalue weighted by atomic mass is 16.2. The molecule has 1 atom stereocenters. The summed E-state index contributed by atoms with van der Waals surface area (Å²) in [5.41, 5.74) is 0.218. The number of nitrogens with one attached hydrogen (secondary N) is 4. The smallest absolute Gasteiger partial charge is 0.287 e. The molecule has 0 spiro atoms. The van der Waals surface area contributed by atoms with Crippen LogP contribution < -0.4 is 21.5 Å². The number of fused-ring (bicyclic) bond motifs is 1. The van der Waals surface area contributed by atoms with Crippen LogP contribution >= 0.6 is 0 Å². The molecule has 0 fully saturated rings. The molecule has 2 heterocycles. The van der Waals surface area contributed by atoms with Gasteiger partial charge in [-0.15, -0.1) is 0 Å². The second kappa shape index (κ2) is 10.9. The van der Waals surface area contributed by atoms with Gasteiger partial charge in [0.25, 0.3) is 17.4 Å². The van der Waals surface area contributed by atoms with E-state index in [1.54, 1.807) is 18.2 Å². The number of rotatable bonds is 10. The number of H-pyrrole nitrogens is 1. The number of amides is 3. The van der Waals surface area contributed by atoms with Crippen molar-refractivity contribution in [3.05, 3.63) is 64.7 Å². The minimum Gasteiger partial charge on any atom is -0.353 e. The third-order valence-corrected chi connectivity index (χ3v) is 5.09. The van der Waals surface area contributed by atoms with Gasteiger partial charge in [0.1, 0.15) is 23.7 Å². The molecule has 34 heavy (non-hydrogen) atoms. The number of nitrogens with zero attached hydrogens (tertiary/aromatic N) is 1. The van der Waals surface area contributed by atoms with Crippen molar-refractivity contribution in [2.24, 2.45) is 0 Å². The zero-order valence-electron chi connectivity index (χ0n) is 18.3. The second-order valence-corrected chi connectivity index (χ2v) is 7.37. The number of carbonyl (C=O) groups is 5. The molecule has 0 aliphatic rings. The first-order valence-electron chi connectivity index (χ1n) is 10.4. The van der Waals surface area contributed by atoms with Crippen molar-refractivity contribution in [1.29, 1.82) is 0 Å². The van der Waals surface area contributed by atoms with E-state index in [-0.39, 0.29) is 30.8 Å². The molecule has 0 radical (unpaired) electrons. The first-order chi connectivity index (χ1) is 16.3. The Hall–Kier alpha value is -4.54. The molecule has 11 nitrogen and oxygen atoms in total. The summed E-state index contributed by atoms with van der Waals surface area (Å²) < 4.78 is 1.11. The van der Waals surface area contributed by atoms with Crippen molar-refractivity contribution in [3.8, 4) is 0 Å². The number of para-hydroxylation sites is 1. The third kappa shape index (κ3) is 5.63. The molecule has 11 heteroatoms. The molecule has 0 aliphatic heterocycles. The molecule has 3 rings (SSSR count). The summed E-state index contributed by atoms with van der Waals surface area (Å²) in [6.07, 6.45) is 1.44. The maximum atomic E-state index is 13.0. The van der Waals surface area contributed by atoms with Crippen LogP contribution in [-0.2, 0) is 25.7 Å². The maximum Gasteiger partial charge on any atom is 0.287 e. The van der Waals surface area contributed by atoms with Gasteiger partial charge in [-0.2, -0.15) is 0 Å². The van der Waals surface area contributed by atoms with Gasteiger partial charge in [0, 0.05) is 30.6 Å². The number of Topliss-reactive ketones (excluding diaryl/α,β-unsaturated/α-hetero) is 1. The zero-order chi connectivity index (χ0) is 24.7. The number of carbonyl (C=O) groups excluding carboxylic acids is 5. The number of aromatic nitrogens is 2. The third-order valence-electron chi connectivity index (χ3n) is 5.09. The summed E-state index contributed by atoms with van der Waals surface area (Å²) in [7, 11) is 1.31. The van der Waals surface area contributed by atoms with E-state index in [2.05, 4.69) is 20.9 Å². The Labute approximate surface area is 193 Å². The normalized spacial score (nSPS) is 11.4. The lowest BCUT2D eigenvalue weighted by atomic mass is 10.1. The van der Waals surface area contributed by atoms with Gasteiger partial charge in [0.2, 0.25) is 11.7 Å². The number of anilines is 1. The van der Waals surface area contributed by atoms with Crippen molar-refractivity contribution in [2.75, 3.05) is 12.4 Å². The lowest BCUT2D eigenvalue weighted by Gasteiger charge is -2.18. The summed E-state index contributed by atoms with van der Waals surface area (Å²) in [6.45, 7) is -0.191. The van der Waals surface area contributed by atoms with Crippen molar-refractivity contribution in [1.82, 2.24) is 20.2 Å². The Morgan fingerprint density at radius 3 is 2.59 bits per heavy atom. The number of aldehydes is 1. The van der Waals surface area contributed by atoms with Crippen molar-refractivity contribution < 1.29 is 24.0 Å². The van der Waals surface area contributed by atoms with Crippen LogP contribution in [0.3, 0.4) is 0 Å². The van der Waals surface area contributed by atoms with Gasteiger partial charge in [0.15, 0.2) is 0 Å². The summed E-state index contributed by atoms with van der Waals surface area (Å²) in [5.74, 6) is -2.93. The Balaban J connectivity index is 1.81. The highest BCUT2D eigenvalue weighted by Gasteiger charge is 2.25. The Morgan fingerprint density at radius 2 is 1.88 bits per heavy atom. The van der Waals surface area contributed by atoms with Gasteiger partial charge in [-0.25, -0.2) is 0 Å². The second-order valence-electron chi connectivity index (χ2n) is 7.37. The van der Waals surface area contributed by atoms with Crippen LogP contribution in [0.25, 0.3) is 10.9 Å². The zero-order valence-corrected chi connectivity index (χ0v) is 18.3. The van der Waals surface area contributed by atoms with Gasteiger partial charge in [-0.1, -0.05) is 18.2 Å². The number of hydrogen-bond donors (Lipinski definition) is 4. The van der Waals surface area contributed by atoms with E-state index in [0.29, 0.717) is 6.29 Å². The molecule has 176 valence electrons. The van der Waals surface area contributed by atoms with Gasteiger partial charge in [0.05, 0.1) is 6.54 Å². The van der Waals surface area contributed by atoms with E-state index in [0.717, 1.165) is 15.5 Å². The lowest BCUT2D eigenvalue weighted by molar-refractivity contribution is -0.137. The Morgan fingerprint density at radius 1 is 1.12 bits per heavy atom. The molecule has 3 aromatic rings. The van der Waals surface area contributed by atoms with E-state index in [1.165, 1.54) is 25.4 Å². The van der Waals surface area contributed by atoms with Crippen LogP contribution in [0.15, 0.2) is 53.5 Å². The summed E-state index contributed by atoms with van der Waals surface area (Å²) >= 11 is 0. The first kappa shape index (κ1) is 24.1. The van der Waals surface area contributed by atoms with Crippen molar-refractivity contribution in [2.45, 2.75) is 25.4 Å². The Kier molecular flexibility index (Phi) is 7.70. The Bertz CT molecular complexity index is 1280. The standard InChI is InChI=1S/C23H23N5O6/c1-24-22(33)19(30)9-8-16(20(31)27-17-7-4-10-28(11-12-29)23(17)34)26-21(32)18-13-14-5-2-3-6-15(14)25-18/h2-7,10,12-13,16,25H,8-9,11H2,1H3,(H,24,33)(H,26,32)(H,27,31). The quantitative estimate of drug-likeness (QED) is 0.250. The summed E-state index contributed by atoms with van der Waals surface area (Å²) in [4.78, 5) is 75.4. The molecule has 4 N–H and O–H groups in total. The first-order valence-corrected chi connectivity index (χ1v) is 10.4. The lowest BCUT2D eigenvalue weighted by Crippen LogP contribution is -2.45. The predicted octanol–water partition coefficient (Wildman–Crippen LogP) is 0.361. The predicted molar refractivity (Wildman–Crippen MR) is 123 cm³/mol. The molecule has 2 aromatic heterocycles. The van der Waals surface area contributed by atoms with Crippen molar-refractivity contribution in [3.63, 3.8) is 0 Å². The average molecular weight is 465 g/mol. The van der Waals surface area contributed by atoms with Gasteiger partial charge >= 0.3 is 0 Å². The summed E-state index contributed by atoms with van der Waals surface area (Å²) in [6, 6.07) is 10.4. The number of benzene rings is 1. The van der Waals surface area contributed by atoms with Crippen LogP contribution in [0.5, 0.6) is 0 Å². The number of pyridine rings is 1. The number of ketones is 1. The van der Waals surface area contributed by atoms with E-state index in [9.17, 15) is 28.8 Å². The highest BCUT2D eigenvalue weighted by Crippen LogP contribution is 2.15. The number of hydrogen-bond acceptors (Lipinski definition) is 6. The molecular weight excluding hydrogens is 442 g/mol. The van der Waals surface area contributed by atoms with Crippen LogP contribution in [0.2, 0.25) is 0 Å². The minimum atomic E-state index is -1.23. The fourth-order valence-electron chi connectivity index (χ4n) is 3.30. The van der Waals surface area contributed by atoms with Crippen LogP contribution in [0, 0.1) is 0 Å². The molecule has 3 amide bonds. The summed E-state index contributed by atoms with van der Waals surface area (Å²) in [5, 5.41) is 7.99. The monoisotopic (exact) mass is 465 g/mol. The maximum absolute atomic E-state index is 13.0. The fraction of sp³-hybridized carbons (Fsp3) is 0.217. The molecule has 0 saturated carbocycles. The molecular formula is C23H23N5O6. The number of aromatic amines is 1. The van der Waals surface area contributed by atoms with E-state index in [4.69, 9.17) is 0 Å².